The van der Waals surface area contributed by atoms with E-state index >= 15 is 0 Å². The summed E-state index contributed by atoms with van der Waals surface area (Å²) in [6, 6.07) is 10.5. The summed E-state index contributed by atoms with van der Waals surface area (Å²) in [5.74, 6) is -2.12. The second-order valence-corrected chi connectivity index (χ2v) is 11.0. The lowest BCUT2D eigenvalue weighted by molar-refractivity contribution is -0.151. The molecule has 0 spiro atoms. The summed E-state index contributed by atoms with van der Waals surface area (Å²) in [4.78, 5) is 38.0. The van der Waals surface area contributed by atoms with Gasteiger partial charge in [0.2, 0.25) is 5.91 Å². The number of nitrogens with zero attached hydrogens (tertiary/aromatic N) is 1. The van der Waals surface area contributed by atoms with Crippen molar-refractivity contribution in [2.45, 2.75) is 64.3 Å². The summed E-state index contributed by atoms with van der Waals surface area (Å²) in [5.41, 5.74) is 1.93. The van der Waals surface area contributed by atoms with Crippen LogP contribution in [0.15, 0.2) is 40.8 Å². The lowest BCUT2D eigenvalue weighted by Crippen LogP contribution is -2.34. The Morgan fingerprint density at radius 2 is 1.85 bits per heavy atom. The molecule has 1 aliphatic heterocycles. The highest BCUT2D eigenvalue weighted by Gasteiger charge is 2.22. The molecule has 0 atom stereocenters. The number of piperidine rings is 1. The molecule has 1 saturated heterocycles. The van der Waals surface area contributed by atoms with Crippen LogP contribution in [0.2, 0.25) is 0 Å². The van der Waals surface area contributed by atoms with Crippen molar-refractivity contribution in [1.29, 1.82) is 0 Å². The van der Waals surface area contributed by atoms with E-state index in [-0.39, 0.29) is 18.6 Å². The van der Waals surface area contributed by atoms with Gasteiger partial charge < -0.3 is 15.2 Å². The maximum Gasteiger partial charge on any atom is 0.317 e. The van der Waals surface area contributed by atoms with Gasteiger partial charge in [0, 0.05) is 34.7 Å². The Balaban J connectivity index is 1.88. The average Bonchev–Trinajstić information content (AvgIpc) is 2.76. The number of ether oxygens (including phenoxy) is 1. The van der Waals surface area contributed by atoms with Gasteiger partial charge in [-0.05, 0) is 52.3 Å². The van der Waals surface area contributed by atoms with Gasteiger partial charge >= 0.3 is 11.9 Å². The molecule has 1 amide bonds. The van der Waals surface area contributed by atoms with Crippen LogP contribution in [-0.2, 0) is 25.7 Å². The highest BCUT2D eigenvalue weighted by atomic mass is 33.1. The Morgan fingerprint density at radius 3 is 2.45 bits per heavy atom. The number of carboxylic acids is 1. The third-order valence-electron chi connectivity index (χ3n) is 5.13. The molecule has 1 aromatic rings. The number of likely N-dealkylation sites (tertiary alicyclic amines) is 1. The third kappa shape index (κ3) is 10.7. The van der Waals surface area contributed by atoms with Crippen molar-refractivity contribution in [3.63, 3.8) is 0 Å². The molecule has 0 saturated carbocycles. The summed E-state index contributed by atoms with van der Waals surface area (Å²) in [7, 11) is 3.34. The number of carbonyl (C=O) groups is 3. The maximum absolute atomic E-state index is 12.5. The Kier molecular flexibility index (Phi) is 11.8. The van der Waals surface area contributed by atoms with Gasteiger partial charge in [0.05, 0.1) is 6.61 Å². The Labute approximate surface area is 204 Å². The second-order valence-electron chi connectivity index (χ2n) is 8.36. The quantitative estimate of drug-likeness (QED) is 0.193. The first kappa shape index (κ1) is 27.3. The predicted molar refractivity (Wildman–Crippen MR) is 134 cm³/mol. The van der Waals surface area contributed by atoms with Crippen LogP contribution in [0.3, 0.4) is 0 Å². The van der Waals surface area contributed by atoms with Crippen molar-refractivity contribution < 1.29 is 24.2 Å². The van der Waals surface area contributed by atoms with E-state index in [1.165, 1.54) is 5.56 Å². The van der Waals surface area contributed by atoms with E-state index in [2.05, 4.69) is 34.5 Å². The minimum absolute atomic E-state index is 0.0219. The number of hydrogen-bond donors (Lipinski definition) is 2. The Bertz CT molecular complexity index is 821. The van der Waals surface area contributed by atoms with Crippen LogP contribution in [-0.4, -0.2) is 58.8 Å². The van der Waals surface area contributed by atoms with E-state index < -0.39 is 18.4 Å². The monoisotopic (exact) mass is 494 g/mol. The van der Waals surface area contributed by atoms with Crippen LogP contribution < -0.4 is 5.32 Å². The van der Waals surface area contributed by atoms with Gasteiger partial charge in [-0.2, -0.15) is 0 Å². The molecule has 33 heavy (non-hydrogen) atoms. The number of aliphatic carboxylic acids is 1. The molecule has 0 bridgehead atoms. The molecule has 1 heterocycles. The summed E-state index contributed by atoms with van der Waals surface area (Å²) < 4.78 is 5.04. The van der Waals surface area contributed by atoms with E-state index in [1.807, 2.05) is 19.9 Å². The first-order valence-corrected chi connectivity index (χ1v) is 13.4. The minimum Gasteiger partial charge on any atom is -0.481 e. The maximum atomic E-state index is 12.5. The zero-order valence-corrected chi connectivity index (χ0v) is 21.2. The molecule has 0 radical (unpaired) electrons. The number of hydrogen-bond acceptors (Lipinski definition) is 7. The van der Waals surface area contributed by atoms with Gasteiger partial charge in [0.15, 0.2) is 0 Å². The van der Waals surface area contributed by atoms with Crippen LogP contribution in [0.1, 0.15) is 52.0 Å². The number of benzene rings is 1. The van der Waals surface area contributed by atoms with E-state index in [9.17, 15) is 14.4 Å². The molecular formula is C24H34N2O5S2. The fourth-order valence-electron chi connectivity index (χ4n) is 3.35. The number of nitrogens with one attached hydrogen (secondary N) is 1. The van der Waals surface area contributed by atoms with Crippen LogP contribution >= 0.6 is 21.6 Å². The summed E-state index contributed by atoms with van der Waals surface area (Å²) >= 11 is 0. The zero-order chi connectivity index (χ0) is 24.2. The molecule has 0 aliphatic carbocycles. The molecule has 7 nitrogen and oxygen atoms in total. The van der Waals surface area contributed by atoms with Gasteiger partial charge in [-0.25, -0.2) is 0 Å². The van der Waals surface area contributed by atoms with Crippen LogP contribution in [0, 0.1) is 0 Å². The van der Waals surface area contributed by atoms with Crippen molar-refractivity contribution in [3.8, 4) is 0 Å². The van der Waals surface area contributed by atoms with Gasteiger partial charge in [-0.1, -0.05) is 51.9 Å². The molecule has 2 rings (SSSR count). The fourth-order valence-corrected chi connectivity index (χ4v) is 6.35. The number of carboxylic acid groups (broad SMARTS) is 1. The van der Waals surface area contributed by atoms with E-state index in [0.29, 0.717) is 17.2 Å². The molecule has 1 fully saturated rings. The van der Waals surface area contributed by atoms with Crippen molar-refractivity contribution in [3.05, 3.63) is 46.4 Å². The van der Waals surface area contributed by atoms with Crippen LogP contribution in [0.4, 0.5) is 0 Å². The minimum atomic E-state index is -1.22. The van der Waals surface area contributed by atoms with E-state index in [4.69, 9.17) is 9.84 Å². The largest absolute Gasteiger partial charge is 0.481 e. The summed E-state index contributed by atoms with van der Waals surface area (Å²) in [5, 5.41) is 12.1. The summed E-state index contributed by atoms with van der Waals surface area (Å²) in [6.07, 6.45) is 1.87. The van der Waals surface area contributed by atoms with Crippen LogP contribution in [0.5, 0.6) is 0 Å². The number of carbonyl (C=O) groups excluding carboxylic acids is 2. The molecule has 2 N–H and O–H groups in total. The number of rotatable bonds is 12. The number of amides is 1. The Hall–Kier alpha value is -1.97. The predicted octanol–water partition coefficient (Wildman–Crippen LogP) is 4.24. The van der Waals surface area contributed by atoms with Crippen LogP contribution in [0.25, 0.3) is 0 Å². The van der Waals surface area contributed by atoms with E-state index in [0.717, 1.165) is 37.4 Å². The number of esters is 1. The van der Waals surface area contributed by atoms with E-state index in [1.54, 1.807) is 28.5 Å². The molecule has 0 aromatic heterocycles. The van der Waals surface area contributed by atoms with Gasteiger partial charge in [-0.3, -0.25) is 19.3 Å². The molecule has 1 aliphatic rings. The molecule has 9 heteroatoms. The lowest BCUT2D eigenvalue weighted by atomic mass is 10.1. The Morgan fingerprint density at radius 1 is 1.18 bits per heavy atom. The zero-order valence-electron chi connectivity index (χ0n) is 19.5. The molecular weight excluding hydrogens is 460 g/mol. The normalized spacial score (nSPS) is 15.8. The second kappa shape index (κ2) is 14.3. The third-order valence-corrected chi connectivity index (χ3v) is 8.39. The lowest BCUT2D eigenvalue weighted by Gasteiger charge is -2.31. The fraction of sp³-hybridized carbons (Fsp3) is 0.542. The first-order chi connectivity index (χ1) is 15.7. The summed E-state index contributed by atoms with van der Waals surface area (Å²) in [6.45, 7) is 8.68. The smallest absolute Gasteiger partial charge is 0.317 e. The van der Waals surface area contributed by atoms with Crippen molar-refractivity contribution >= 4 is 39.4 Å². The van der Waals surface area contributed by atoms with Crippen molar-refractivity contribution in [2.75, 3.05) is 19.7 Å². The average molecular weight is 495 g/mol. The van der Waals surface area contributed by atoms with Crippen molar-refractivity contribution in [1.82, 2.24) is 10.2 Å². The van der Waals surface area contributed by atoms with Gasteiger partial charge in [0.25, 0.3) is 0 Å². The van der Waals surface area contributed by atoms with Gasteiger partial charge in [0.1, 0.15) is 6.42 Å². The van der Waals surface area contributed by atoms with Gasteiger partial charge in [-0.15, -0.1) is 0 Å². The highest BCUT2D eigenvalue weighted by Crippen LogP contribution is 2.40. The highest BCUT2D eigenvalue weighted by molar-refractivity contribution is 8.78. The molecule has 182 valence electrons. The molecule has 0 unspecified atom stereocenters. The SMILES string of the molecule is C/C(C(=O)NC(C)C)=C(\CCOC(=O)CC(=O)O)SSC1CCN(Cc2ccccc2)CC1. The molecule has 1 aromatic carbocycles. The first-order valence-electron chi connectivity index (χ1n) is 11.2. The standard InChI is InChI=1S/C24H34N2O5S2/c1-17(2)25-24(30)18(3)21(11-14-31-23(29)15-22(27)28)33-32-20-9-12-26(13-10-20)16-19-7-5-4-6-8-19/h4-8,17,20H,9-16H2,1-3H3,(H,25,30)(H,27,28)/b21-18-. The topological polar surface area (TPSA) is 95.9 Å². The van der Waals surface area contributed by atoms with Crippen molar-refractivity contribution in [2.24, 2.45) is 0 Å².